The second-order valence-electron chi connectivity index (χ2n) is 5.36. The van der Waals surface area contributed by atoms with E-state index in [1.54, 1.807) is 37.3 Å². The molecule has 1 aliphatic heterocycles. The van der Waals surface area contributed by atoms with E-state index in [1.807, 2.05) is 0 Å². The quantitative estimate of drug-likeness (QED) is 0.439. The molecule has 1 aliphatic rings. The maximum Gasteiger partial charge on any atom is 0.313 e. The lowest BCUT2D eigenvalue weighted by Gasteiger charge is -2.30. The number of hydrogen-bond donors (Lipinski definition) is 0. The van der Waals surface area contributed by atoms with Gasteiger partial charge in [-0.15, -0.1) is 6.58 Å². The van der Waals surface area contributed by atoms with Gasteiger partial charge in [-0.1, -0.05) is 18.2 Å². The van der Waals surface area contributed by atoms with Crippen LogP contribution in [0.15, 0.2) is 36.9 Å². The smallest absolute Gasteiger partial charge is 0.313 e. The lowest BCUT2D eigenvalue weighted by atomic mass is 9.86. The predicted octanol–water partition coefficient (Wildman–Crippen LogP) is 2.74. The van der Waals surface area contributed by atoms with Crippen LogP contribution < -0.4 is 4.74 Å². The van der Waals surface area contributed by atoms with Crippen molar-refractivity contribution >= 4 is 17.5 Å². The van der Waals surface area contributed by atoms with Crippen LogP contribution in [0.1, 0.15) is 36.5 Å². The van der Waals surface area contributed by atoms with Gasteiger partial charge in [0.25, 0.3) is 0 Å². The van der Waals surface area contributed by atoms with E-state index in [4.69, 9.17) is 9.47 Å². The lowest BCUT2D eigenvalue weighted by molar-refractivity contribution is -0.146. The molecule has 2 atom stereocenters. The third-order valence-electron chi connectivity index (χ3n) is 3.76. The molecule has 0 aliphatic carbocycles. The standard InChI is InChI=1S/C18H20O5/c1-3-7-12(15(20)11-18(21)22-4-2)17-10-14(19)13-8-5-6-9-16(13)23-17/h3,5-6,8-9,12,17H,1,4,7,10-11H2,2H3. The molecule has 0 N–H and O–H groups in total. The van der Waals surface area contributed by atoms with Gasteiger partial charge in [0.05, 0.1) is 18.1 Å². The van der Waals surface area contributed by atoms with Gasteiger partial charge in [0.1, 0.15) is 18.3 Å². The Morgan fingerprint density at radius 3 is 2.87 bits per heavy atom. The van der Waals surface area contributed by atoms with Crippen molar-refractivity contribution in [1.29, 1.82) is 0 Å². The molecule has 0 bridgehead atoms. The van der Waals surface area contributed by atoms with E-state index >= 15 is 0 Å². The van der Waals surface area contributed by atoms with Crippen LogP contribution in [0.2, 0.25) is 0 Å². The minimum Gasteiger partial charge on any atom is -0.488 e. The molecule has 2 unspecified atom stereocenters. The number of para-hydroxylation sites is 1. The summed E-state index contributed by atoms with van der Waals surface area (Å²) in [6.45, 7) is 5.56. The Labute approximate surface area is 135 Å². The van der Waals surface area contributed by atoms with Gasteiger partial charge >= 0.3 is 5.97 Å². The van der Waals surface area contributed by atoms with E-state index in [-0.39, 0.29) is 31.0 Å². The third kappa shape index (κ3) is 4.06. The Balaban J connectivity index is 2.15. The number of rotatable bonds is 7. The van der Waals surface area contributed by atoms with Crippen molar-refractivity contribution in [3.8, 4) is 5.75 Å². The first-order valence-corrected chi connectivity index (χ1v) is 7.65. The van der Waals surface area contributed by atoms with Gasteiger partial charge in [0, 0.05) is 6.42 Å². The summed E-state index contributed by atoms with van der Waals surface area (Å²) in [5.41, 5.74) is 0.527. The molecular weight excluding hydrogens is 296 g/mol. The number of hydrogen-bond acceptors (Lipinski definition) is 5. The van der Waals surface area contributed by atoms with Crippen molar-refractivity contribution in [2.24, 2.45) is 5.92 Å². The van der Waals surface area contributed by atoms with Gasteiger partial charge in [0.15, 0.2) is 11.6 Å². The minimum atomic E-state index is -0.589. The molecule has 1 aromatic rings. The van der Waals surface area contributed by atoms with Gasteiger partial charge < -0.3 is 9.47 Å². The fourth-order valence-corrected chi connectivity index (χ4v) is 2.68. The minimum absolute atomic E-state index is 0.0603. The number of carbonyl (C=O) groups excluding carboxylic acids is 3. The van der Waals surface area contributed by atoms with Crippen LogP contribution in [-0.2, 0) is 14.3 Å². The summed E-state index contributed by atoms with van der Waals surface area (Å²) in [7, 11) is 0. The Kier molecular flexibility index (Phi) is 5.68. The van der Waals surface area contributed by atoms with E-state index in [0.717, 1.165) is 0 Å². The first-order valence-electron chi connectivity index (χ1n) is 7.65. The van der Waals surface area contributed by atoms with Crippen LogP contribution in [-0.4, -0.2) is 30.2 Å². The van der Waals surface area contributed by atoms with Crippen molar-refractivity contribution in [3.63, 3.8) is 0 Å². The van der Waals surface area contributed by atoms with Gasteiger partial charge in [-0.2, -0.15) is 0 Å². The molecule has 1 aromatic carbocycles. The van der Waals surface area contributed by atoms with Crippen molar-refractivity contribution < 1.29 is 23.9 Å². The van der Waals surface area contributed by atoms with Crippen molar-refractivity contribution in [3.05, 3.63) is 42.5 Å². The number of Topliss-reactive ketones (excluding diaryl/α,β-unsaturated/α-hetero) is 2. The highest BCUT2D eigenvalue weighted by Gasteiger charge is 2.36. The summed E-state index contributed by atoms with van der Waals surface area (Å²) in [4.78, 5) is 36.2. The molecule has 122 valence electrons. The monoisotopic (exact) mass is 316 g/mol. The van der Waals surface area contributed by atoms with Gasteiger partial charge in [-0.25, -0.2) is 0 Å². The van der Waals surface area contributed by atoms with Crippen LogP contribution >= 0.6 is 0 Å². The highest BCUT2D eigenvalue weighted by atomic mass is 16.5. The second kappa shape index (κ2) is 7.72. The van der Waals surface area contributed by atoms with Crippen LogP contribution in [0.4, 0.5) is 0 Å². The number of benzene rings is 1. The molecule has 0 aromatic heterocycles. The SMILES string of the molecule is C=CCC(C(=O)CC(=O)OCC)C1CC(=O)c2ccccc2O1. The van der Waals surface area contributed by atoms with Crippen molar-refractivity contribution in [1.82, 2.24) is 0 Å². The molecule has 5 heteroatoms. The average Bonchev–Trinajstić information content (AvgIpc) is 2.52. The maximum atomic E-state index is 12.4. The molecule has 0 saturated heterocycles. The number of ketones is 2. The fourth-order valence-electron chi connectivity index (χ4n) is 2.68. The number of ether oxygens (including phenoxy) is 2. The summed E-state index contributed by atoms with van der Waals surface area (Å²) in [5.74, 6) is -1.02. The van der Waals surface area contributed by atoms with E-state index in [1.165, 1.54) is 0 Å². The lowest BCUT2D eigenvalue weighted by Crippen LogP contribution is -2.38. The first-order chi connectivity index (χ1) is 11.1. The van der Waals surface area contributed by atoms with Gasteiger partial charge in [-0.3, -0.25) is 14.4 Å². The zero-order valence-corrected chi connectivity index (χ0v) is 13.1. The van der Waals surface area contributed by atoms with E-state index < -0.39 is 18.0 Å². The molecule has 0 fully saturated rings. The largest absolute Gasteiger partial charge is 0.488 e. The number of allylic oxidation sites excluding steroid dienone is 1. The first kappa shape index (κ1) is 16.9. The molecule has 0 amide bonds. The number of carbonyl (C=O) groups is 3. The average molecular weight is 316 g/mol. The molecule has 23 heavy (non-hydrogen) atoms. The maximum absolute atomic E-state index is 12.4. The van der Waals surface area contributed by atoms with E-state index in [2.05, 4.69) is 6.58 Å². The van der Waals surface area contributed by atoms with Crippen molar-refractivity contribution in [2.45, 2.75) is 32.3 Å². The Morgan fingerprint density at radius 1 is 1.43 bits per heavy atom. The van der Waals surface area contributed by atoms with Crippen molar-refractivity contribution in [2.75, 3.05) is 6.61 Å². The second-order valence-corrected chi connectivity index (χ2v) is 5.36. The third-order valence-corrected chi connectivity index (χ3v) is 3.76. The zero-order chi connectivity index (χ0) is 16.8. The van der Waals surface area contributed by atoms with Gasteiger partial charge in [-0.05, 0) is 25.5 Å². The topological polar surface area (TPSA) is 69.7 Å². The highest BCUT2D eigenvalue weighted by Crippen LogP contribution is 2.32. The normalized spacial score (nSPS) is 17.6. The molecule has 0 spiro atoms. The Hall–Kier alpha value is -2.43. The molecule has 1 heterocycles. The number of fused-ring (bicyclic) bond motifs is 1. The molecule has 0 saturated carbocycles. The molecule has 5 nitrogen and oxygen atoms in total. The summed E-state index contributed by atoms with van der Waals surface area (Å²) in [6.07, 6.45) is 1.16. The van der Waals surface area contributed by atoms with Crippen LogP contribution in [0.3, 0.4) is 0 Å². The fraction of sp³-hybridized carbons (Fsp3) is 0.389. The highest BCUT2D eigenvalue weighted by molar-refractivity contribution is 6.01. The summed E-state index contributed by atoms with van der Waals surface area (Å²) in [6, 6.07) is 6.96. The molecular formula is C18H20O5. The van der Waals surface area contributed by atoms with Gasteiger partial charge in [0.2, 0.25) is 0 Å². The van der Waals surface area contributed by atoms with E-state index in [9.17, 15) is 14.4 Å². The zero-order valence-electron chi connectivity index (χ0n) is 13.1. The molecule has 0 radical (unpaired) electrons. The number of esters is 1. The summed E-state index contributed by atoms with van der Waals surface area (Å²) >= 11 is 0. The van der Waals surface area contributed by atoms with Crippen LogP contribution in [0.5, 0.6) is 5.75 Å². The summed E-state index contributed by atoms with van der Waals surface area (Å²) < 4.78 is 10.7. The molecule has 2 rings (SSSR count). The van der Waals surface area contributed by atoms with E-state index in [0.29, 0.717) is 17.7 Å². The van der Waals surface area contributed by atoms with Crippen LogP contribution in [0, 0.1) is 5.92 Å². The Morgan fingerprint density at radius 2 is 2.17 bits per heavy atom. The summed E-state index contributed by atoms with van der Waals surface area (Å²) in [5, 5.41) is 0. The van der Waals surface area contributed by atoms with Crippen LogP contribution in [0.25, 0.3) is 0 Å². The Bertz CT molecular complexity index is 620. The predicted molar refractivity (Wildman–Crippen MR) is 84.4 cm³/mol.